The third-order valence-corrected chi connectivity index (χ3v) is 25.0. The minimum Gasteiger partial charge on any atom is -0.0620 e. The number of benzene rings is 12. The second-order valence-electron chi connectivity index (χ2n) is 18.6. The van der Waals surface area contributed by atoms with Crippen molar-refractivity contribution < 1.29 is 21.1 Å². The molecule has 0 nitrogen and oxygen atoms in total. The Hall–Kier alpha value is -6.95. The Labute approximate surface area is 474 Å². The summed E-state index contributed by atoms with van der Waals surface area (Å²) in [7, 11) is -4.85. The molecule has 0 aliphatic heterocycles. The van der Waals surface area contributed by atoms with Crippen molar-refractivity contribution in [3.05, 3.63) is 340 Å². The fourth-order valence-corrected chi connectivity index (χ4v) is 21.5. The van der Waals surface area contributed by atoms with Crippen molar-refractivity contribution in [2.24, 2.45) is 0 Å². The van der Waals surface area contributed by atoms with E-state index in [1.807, 2.05) is 0 Å². The van der Waals surface area contributed by atoms with Gasteiger partial charge in [0.25, 0.3) is 0 Å². The zero-order chi connectivity index (χ0) is 51.1. The van der Waals surface area contributed by atoms with Gasteiger partial charge in [-0.3, -0.25) is 0 Å². The Kier molecular flexibility index (Phi) is 18.7. The summed E-state index contributed by atoms with van der Waals surface area (Å²) in [6, 6.07) is 125. The van der Waals surface area contributed by atoms with Crippen LogP contribution in [0.4, 0.5) is 0 Å². The summed E-state index contributed by atoms with van der Waals surface area (Å²) in [6.45, 7) is 0. The van der Waals surface area contributed by atoms with Crippen LogP contribution in [0.2, 0.25) is 0 Å². The summed E-state index contributed by atoms with van der Waals surface area (Å²) in [5, 5.41) is 17.0. The standard InChI is InChI=1S/2C36H28P2.Pt/c2*1-5-17-29(18-6-1)37(30-19-7-2-8-20-30)35-27-15-13-25-33(35)34-26-14-16-28-36(34)38(31-21-9-3-10-22-31)32-23-11-4-12-24-32;/h2*1-28H;/p+4. The molecule has 0 N–H and O–H groups in total. The molecular formula is C72H60P4Pt+4. The SMILES string of the molecule is [Pt].c1ccc([PH+](c2ccccc2)c2ccccc2-c2ccccc2[PH+](c2ccccc2)c2ccccc2)cc1.c1ccc([PH+](c2ccccc2)c2ccccc2-c2ccccc2[PH+](c2ccccc2)c2ccccc2)cc1. The van der Waals surface area contributed by atoms with Crippen LogP contribution in [0.5, 0.6) is 0 Å². The van der Waals surface area contributed by atoms with Gasteiger partial charge in [-0.25, -0.2) is 0 Å². The summed E-state index contributed by atoms with van der Waals surface area (Å²) >= 11 is 0. The van der Waals surface area contributed by atoms with Gasteiger partial charge in [0.05, 0.1) is 31.7 Å². The number of rotatable bonds is 14. The molecule has 0 unspecified atom stereocenters. The summed E-state index contributed by atoms with van der Waals surface area (Å²) in [4.78, 5) is 0. The molecule has 0 aliphatic rings. The smallest absolute Gasteiger partial charge is 0.0620 e. The van der Waals surface area contributed by atoms with Gasteiger partial charge in [-0.1, -0.05) is 218 Å². The van der Waals surface area contributed by atoms with Crippen LogP contribution >= 0.6 is 31.7 Å². The van der Waals surface area contributed by atoms with Crippen molar-refractivity contribution in [1.82, 2.24) is 0 Å². The van der Waals surface area contributed by atoms with Crippen molar-refractivity contribution in [2.45, 2.75) is 0 Å². The van der Waals surface area contributed by atoms with Gasteiger partial charge in [0.15, 0.2) is 0 Å². The van der Waals surface area contributed by atoms with Gasteiger partial charge >= 0.3 is 0 Å². The third kappa shape index (κ3) is 12.6. The van der Waals surface area contributed by atoms with Crippen LogP contribution in [0.25, 0.3) is 22.3 Å². The van der Waals surface area contributed by atoms with Crippen LogP contribution in [0, 0.1) is 0 Å². The van der Waals surface area contributed by atoms with Gasteiger partial charge in [-0.15, -0.1) is 0 Å². The summed E-state index contributed by atoms with van der Waals surface area (Å²) in [6.07, 6.45) is 0. The Bertz CT molecular complexity index is 3040. The van der Waals surface area contributed by atoms with E-state index in [1.54, 1.807) is 0 Å². The molecule has 0 radical (unpaired) electrons. The van der Waals surface area contributed by atoms with E-state index >= 15 is 0 Å². The molecule has 12 aromatic rings. The van der Waals surface area contributed by atoms with Crippen LogP contribution in [0.15, 0.2) is 340 Å². The zero-order valence-electron chi connectivity index (χ0n) is 42.6. The number of hydrogen-bond acceptors (Lipinski definition) is 0. The Morgan fingerprint density at radius 3 is 0.390 bits per heavy atom. The molecule has 0 bridgehead atoms. The molecule has 0 heterocycles. The van der Waals surface area contributed by atoms with E-state index in [0.29, 0.717) is 0 Å². The Morgan fingerprint density at radius 2 is 0.247 bits per heavy atom. The largest absolute Gasteiger partial charge is 0.110 e. The molecule has 0 saturated carbocycles. The first-order chi connectivity index (χ1) is 37.8. The van der Waals surface area contributed by atoms with E-state index in [0.717, 1.165) is 0 Å². The monoisotopic (exact) mass is 1240 g/mol. The van der Waals surface area contributed by atoms with Gasteiger partial charge in [0.1, 0.15) is 63.7 Å². The number of hydrogen-bond donors (Lipinski definition) is 0. The molecule has 0 fully saturated rings. The maximum Gasteiger partial charge on any atom is 0.110 e. The van der Waals surface area contributed by atoms with Gasteiger partial charge in [-0.2, -0.15) is 0 Å². The van der Waals surface area contributed by atoms with E-state index in [-0.39, 0.29) is 21.1 Å². The first kappa shape index (κ1) is 53.4. The van der Waals surface area contributed by atoms with Crippen LogP contribution in [-0.2, 0) is 21.1 Å². The van der Waals surface area contributed by atoms with Crippen LogP contribution in [0.1, 0.15) is 0 Å². The molecular weight excluding hydrogens is 1180 g/mol. The molecule has 0 saturated heterocycles. The fourth-order valence-electron chi connectivity index (χ4n) is 10.5. The normalized spacial score (nSPS) is 11.0. The summed E-state index contributed by atoms with van der Waals surface area (Å²) in [5.41, 5.74) is 5.39. The van der Waals surface area contributed by atoms with Gasteiger partial charge in [0, 0.05) is 43.3 Å². The molecule has 0 spiro atoms. The second kappa shape index (κ2) is 26.9. The first-order valence-electron chi connectivity index (χ1n) is 26.1. The fraction of sp³-hybridized carbons (Fsp3) is 0. The summed E-state index contributed by atoms with van der Waals surface area (Å²) < 4.78 is 0. The maximum absolute atomic E-state index is 2.36. The van der Waals surface area contributed by atoms with Crippen LogP contribution in [0.3, 0.4) is 0 Å². The second-order valence-corrected chi connectivity index (χ2v) is 28.4. The van der Waals surface area contributed by atoms with Gasteiger partial charge in [-0.05, 0) is 121 Å². The van der Waals surface area contributed by atoms with Crippen LogP contribution < -0.4 is 63.7 Å². The molecule has 0 amide bonds. The minimum absolute atomic E-state index is 0. The van der Waals surface area contributed by atoms with Gasteiger partial charge < -0.3 is 0 Å². The molecule has 12 rings (SSSR count). The maximum atomic E-state index is 2.36. The average molecular weight is 1240 g/mol. The molecule has 0 aromatic heterocycles. The predicted molar refractivity (Wildman–Crippen MR) is 344 cm³/mol. The molecule has 5 heteroatoms. The molecule has 0 aliphatic carbocycles. The minimum atomic E-state index is -1.21. The van der Waals surface area contributed by atoms with E-state index in [4.69, 9.17) is 0 Å². The van der Waals surface area contributed by atoms with E-state index in [1.165, 1.54) is 85.9 Å². The topological polar surface area (TPSA) is 0 Å². The Balaban J connectivity index is 0.000000172. The third-order valence-electron chi connectivity index (χ3n) is 13.9. The molecule has 77 heavy (non-hydrogen) atoms. The van der Waals surface area contributed by atoms with E-state index < -0.39 is 31.7 Å². The molecule has 12 aromatic carbocycles. The van der Waals surface area contributed by atoms with Crippen molar-refractivity contribution >= 4 is 95.3 Å². The first-order valence-corrected chi connectivity index (χ1v) is 32.1. The Morgan fingerprint density at radius 1 is 0.130 bits per heavy atom. The van der Waals surface area contributed by atoms with Crippen LogP contribution in [-0.4, -0.2) is 0 Å². The quantitative estimate of drug-likeness (QED) is 0.0952. The molecule has 0 atom stereocenters. The summed E-state index contributed by atoms with van der Waals surface area (Å²) in [5.74, 6) is 0. The van der Waals surface area contributed by atoms with Crippen molar-refractivity contribution in [1.29, 1.82) is 0 Å². The predicted octanol–water partition coefficient (Wildman–Crippen LogP) is 12.7. The average Bonchev–Trinajstić information content (AvgIpc) is 3.52. The molecule has 374 valence electrons. The zero-order valence-corrected chi connectivity index (χ0v) is 48.9. The van der Waals surface area contributed by atoms with Crippen molar-refractivity contribution in [3.8, 4) is 22.3 Å². The van der Waals surface area contributed by atoms with E-state index in [2.05, 4.69) is 340 Å². The van der Waals surface area contributed by atoms with E-state index in [9.17, 15) is 0 Å². The van der Waals surface area contributed by atoms with Crippen molar-refractivity contribution in [2.75, 3.05) is 0 Å². The van der Waals surface area contributed by atoms with Crippen molar-refractivity contribution in [3.63, 3.8) is 0 Å². The van der Waals surface area contributed by atoms with Gasteiger partial charge in [0.2, 0.25) is 0 Å².